The summed E-state index contributed by atoms with van der Waals surface area (Å²) >= 11 is 4.79. The molecule has 0 fully saturated rings. The number of anilines is 1. The highest BCUT2D eigenvalue weighted by Gasteiger charge is 1.95. The molecule has 0 aliphatic rings. The second-order valence-electron chi connectivity index (χ2n) is 2.38. The lowest BCUT2D eigenvalue weighted by molar-refractivity contribution is 1.28. The van der Waals surface area contributed by atoms with Gasteiger partial charge in [0.25, 0.3) is 0 Å². The number of nitrogens with one attached hydrogen (secondary N) is 2. The van der Waals surface area contributed by atoms with Crippen molar-refractivity contribution in [1.82, 2.24) is 5.32 Å². The van der Waals surface area contributed by atoms with Crippen molar-refractivity contribution in [2.75, 3.05) is 5.32 Å². The summed E-state index contributed by atoms with van der Waals surface area (Å²) in [6, 6.07) is 8.76. The lowest BCUT2D eigenvalue weighted by Crippen LogP contribution is -2.23. The van der Waals surface area contributed by atoms with Crippen LogP contribution in [0.4, 0.5) is 5.69 Å². The zero-order valence-electron chi connectivity index (χ0n) is 7.11. The number of rotatable bonds is 1. The quantitative estimate of drug-likeness (QED) is 0.408. The second-order valence-corrected chi connectivity index (χ2v) is 2.79. The maximum Gasteiger partial charge on any atom is 0.184 e. The fourth-order valence-electron chi connectivity index (χ4n) is 0.841. The minimum absolute atomic E-state index is 0.234. The van der Waals surface area contributed by atoms with Gasteiger partial charge in [0.15, 0.2) is 11.3 Å². The molecule has 0 saturated heterocycles. The van der Waals surface area contributed by atoms with E-state index in [1.807, 2.05) is 6.07 Å². The minimum atomic E-state index is 0.234. The van der Waals surface area contributed by atoms with E-state index >= 15 is 0 Å². The third-order valence-corrected chi connectivity index (χ3v) is 1.65. The first-order chi connectivity index (χ1) is 6.76. The van der Waals surface area contributed by atoms with Crippen LogP contribution in [0.15, 0.2) is 24.3 Å². The fourth-order valence-corrected chi connectivity index (χ4v) is 1.00. The molecule has 1 aromatic carbocycles. The summed E-state index contributed by atoms with van der Waals surface area (Å²) in [5.74, 6) is 0. The Morgan fingerprint density at radius 1 is 1.21 bits per heavy atom. The first-order valence-electron chi connectivity index (χ1n) is 3.72. The average molecular weight is 202 g/mol. The van der Waals surface area contributed by atoms with Crippen LogP contribution in [-0.4, -0.2) is 5.11 Å². The Kier molecular flexibility index (Phi) is 3.42. The van der Waals surface area contributed by atoms with E-state index in [4.69, 9.17) is 22.7 Å². The molecule has 0 bridgehead atoms. The van der Waals surface area contributed by atoms with Crippen LogP contribution in [-0.2, 0) is 0 Å². The Morgan fingerprint density at radius 3 is 2.36 bits per heavy atom. The van der Waals surface area contributed by atoms with Crippen molar-refractivity contribution < 1.29 is 0 Å². The highest BCUT2D eigenvalue weighted by molar-refractivity contribution is 7.80. The van der Waals surface area contributed by atoms with Gasteiger partial charge < -0.3 is 5.32 Å². The molecule has 0 saturated carbocycles. The van der Waals surface area contributed by atoms with Gasteiger partial charge in [0.2, 0.25) is 0 Å². The maximum atomic E-state index is 8.54. The van der Waals surface area contributed by atoms with Crippen molar-refractivity contribution in [3.63, 3.8) is 0 Å². The Hall–Kier alpha value is -2.11. The van der Waals surface area contributed by atoms with Gasteiger partial charge in [-0.2, -0.15) is 10.5 Å². The van der Waals surface area contributed by atoms with Crippen molar-refractivity contribution >= 4 is 23.0 Å². The van der Waals surface area contributed by atoms with Gasteiger partial charge in [-0.1, -0.05) is 0 Å². The molecule has 5 heteroatoms. The van der Waals surface area contributed by atoms with Crippen molar-refractivity contribution in [3.8, 4) is 12.3 Å². The van der Waals surface area contributed by atoms with Crippen molar-refractivity contribution in [3.05, 3.63) is 29.8 Å². The van der Waals surface area contributed by atoms with E-state index in [1.54, 1.807) is 30.5 Å². The van der Waals surface area contributed by atoms with Crippen molar-refractivity contribution in [2.45, 2.75) is 0 Å². The van der Waals surface area contributed by atoms with E-state index in [0.717, 1.165) is 5.69 Å². The summed E-state index contributed by atoms with van der Waals surface area (Å²) in [5.41, 5.74) is 1.31. The molecule has 68 valence electrons. The summed E-state index contributed by atoms with van der Waals surface area (Å²) in [6.07, 6.45) is 1.70. The first kappa shape index (κ1) is 9.97. The van der Waals surface area contributed by atoms with Gasteiger partial charge in [-0.25, -0.2) is 0 Å². The summed E-state index contributed by atoms with van der Waals surface area (Å²) in [4.78, 5) is 0. The highest BCUT2D eigenvalue weighted by atomic mass is 32.1. The van der Waals surface area contributed by atoms with E-state index in [9.17, 15) is 0 Å². The normalized spacial score (nSPS) is 8.14. The number of benzene rings is 1. The zero-order chi connectivity index (χ0) is 10.4. The predicted octanol–water partition coefficient (Wildman–Crippen LogP) is 1.33. The van der Waals surface area contributed by atoms with Crippen LogP contribution >= 0.6 is 12.2 Å². The summed E-state index contributed by atoms with van der Waals surface area (Å²) in [5, 5.41) is 22.1. The molecule has 1 rings (SSSR count). The minimum Gasteiger partial charge on any atom is -0.332 e. The lowest BCUT2D eigenvalue weighted by atomic mass is 10.2. The molecule has 4 nitrogen and oxygen atoms in total. The molecule has 2 N–H and O–H groups in total. The molecule has 1 aromatic rings. The number of nitrogens with zero attached hydrogens (tertiary/aromatic N) is 2. The standard InChI is InChI=1S/C9H6N4S/c10-5-7-1-3-8(4-2-7)13-9(14)12-6-11/h1-4H,(H2,12,13,14). The first-order valence-corrected chi connectivity index (χ1v) is 4.13. The zero-order valence-corrected chi connectivity index (χ0v) is 7.93. The topological polar surface area (TPSA) is 71.6 Å². The van der Waals surface area contributed by atoms with Gasteiger partial charge in [0.05, 0.1) is 11.6 Å². The molecule has 0 amide bonds. The average Bonchev–Trinajstić information content (AvgIpc) is 2.19. The summed E-state index contributed by atoms with van der Waals surface area (Å²) in [7, 11) is 0. The van der Waals surface area contributed by atoms with E-state index in [1.165, 1.54) is 0 Å². The second kappa shape index (κ2) is 4.80. The third kappa shape index (κ3) is 2.74. The van der Waals surface area contributed by atoms with Gasteiger partial charge >= 0.3 is 0 Å². The highest BCUT2D eigenvalue weighted by Crippen LogP contribution is 2.08. The smallest absolute Gasteiger partial charge is 0.184 e. The largest absolute Gasteiger partial charge is 0.332 e. The van der Waals surface area contributed by atoms with Crippen LogP contribution in [0.3, 0.4) is 0 Å². The molecule has 0 spiro atoms. The van der Waals surface area contributed by atoms with Crippen LogP contribution in [0.2, 0.25) is 0 Å². The van der Waals surface area contributed by atoms with Gasteiger partial charge in [-0.3, -0.25) is 5.32 Å². The van der Waals surface area contributed by atoms with Crippen molar-refractivity contribution in [2.24, 2.45) is 0 Å². The molecule has 14 heavy (non-hydrogen) atoms. The predicted molar refractivity (Wildman–Crippen MR) is 56.1 cm³/mol. The third-order valence-electron chi connectivity index (χ3n) is 1.44. The van der Waals surface area contributed by atoms with E-state index < -0.39 is 0 Å². The van der Waals surface area contributed by atoms with Crippen LogP contribution in [0.5, 0.6) is 0 Å². The number of thiocarbonyl (C=S) groups is 1. The molecule has 0 aromatic heterocycles. The van der Waals surface area contributed by atoms with Gasteiger partial charge in [0.1, 0.15) is 0 Å². The molecule has 0 heterocycles. The van der Waals surface area contributed by atoms with Crippen LogP contribution in [0.25, 0.3) is 0 Å². The molecule has 0 aliphatic carbocycles. The monoisotopic (exact) mass is 202 g/mol. The SMILES string of the molecule is N#CNC(=S)Nc1ccc(C#N)cc1. The Balaban J connectivity index is 2.66. The number of nitriles is 2. The van der Waals surface area contributed by atoms with Gasteiger partial charge in [-0.05, 0) is 36.5 Å². The molecule has 0 unspecified atom stereocenters. The summed E-state index contributed by atoms with van der Waals surface area (Å²) < 4.78 is 0. The van der Waals surface area contributed by atoms with Gasteiger partial charge in [0, 0.05) is 5.69 Å². The van der Waals surface area contributed by atoms with Crippen molar-refractivity contribution in [1.29, 1.82) is 10.5 Å². The lowest BCUT2D eigenvalue weighted by Gasteiger charge is -2.04. The molecular formula is C9H6N4S. The molecule has 0 radical (unpaired) electrons. The molecular weight excluding hydrogens is 196 g/mol. The van der Waals surface area contributed by atoms with E-state index in [2.05, 4.69) is 10.6 Å². The van der Waals surface area contributed by atoms with Crippen LogP contribution in [0, 0.1) is 22.8 Å². The Morgan fingerprint density at radius 2 is 1.86 bits per heavy atom. The maximum absolute atomic E-state index is 8.54. The van der Waals surface area contributed by atoms with Crippen LogP contribution < -0.4 is 10.6 Å². The number of hydrogen-bond donors (Lipinski definition) is 2. The Bertz CT molecular complexity index is 410. The fraction of sp³-hybridized carbons (Fsp3) is 0. The Labute approximate surface area is 86.8 Å². The summed E-state index contributed by atoms with van der Waals surface area (Å²) in [6.45, 7) is 0. The number of hydrogen-bond acceptors (Lipinski definition) is 3. The van der Waals surface area contributed by atoms with E-state index in [-0.39, 0.29) is 5.11 Å². The molecule has 0 aliphatic heterocycles. The van der Waals surface area contributed by atoms with E-state index in [0.29, 0.717) is 5.56 Å². The molecule has 0 atom stereocenters. The van der Waals surface area contributed by atoms with Crippen LogP contribution in [0.1, 0.15) is 5.56 Å². The van der Waals surface area contributed by atoms with Gasteiger partial charge in [-0.15, -0.1) is 0 Å².